The Morgan fingerprint density at radius 3 is 2.56 bits per heavy atom. The van der Waals surface area contributed by atoms with Crippen molar-refractivity contribution in [2.75, 3.05) is 0 Å². The third-order valence-corrected chi connectivity index (χ3v) is 2.46. The molecule has 0 aliphatic heterocycles. The van der Waals surface area contributed by atoms with E-state index >= 15 is 0 Å². The van der Waals surface area contributed by atoms with Gasteiger partial charge in [0.15, 0.2) is 0 Å². The van der Waals surface area contributed by atoms with Crippen LogP contribution in [-0.4, -0.2) is 16.9 Å². The van der Waals surface area contributed by atoms with Crippen LogP contribution in [0.2, 0.25) is 0 Å². The van der Waals surface area contributed by atoms with Gasteiger partial charge in [-0.15, -0.1) is 0 Å². The Morgan fingerprint density at radius 1 is 1.39 bits per heavy atom. The molecule has 1 rings (SSSR count). The van der Waals surface area contributed by atoms with Crippen molar-refractivity contribution in [1.82, 2.24) is 0 Å². The van der Waals surface area contributed by atoms with Crippen LogP contribution in [0.1, 0.15) is 32.3 Å². The van der Waals surface area contributed by atoms with Crippen LogP contribution in [0.3, 0.4) is 0 Å². The molecule has 4 heteroatoms. The van der Waals surface area contributed by atoms with Crippen molar-refractivity contribution in [3.63, 3.8) is 0 Å². The van der Waals surface area contributed by atoms with Gasteiger partial charge in [0.2, 0.25) is 0 Å². The summed E-state index contributed by atoms with van der Waals surface area (Å²) in [5.41, 5.74) is 0.215. The monoisotopic (exact) mass is 252 g/mol. The third kappa shape index (κ3) is 5.48. The van der Waals surface area contributed by atoms with Gasteiger partial charge in [-0.3, -0.25) is 0 Å². The second kappa shape index (κ2) is 6.19. The molecule has 0 bridgehead atoms. The number of halogens is 1. The summed E-state index contributed by atoms with van der Waals surface area (Å²) in [5, 5.41) is 8.53. The van der Waals surface area contributed by atoms with E-state index < -0.39 is 11.8 Å². The van der Waals surface area contributed by atoms with Crippen molar-refractivity contribution in [3.8, 4) is 0 Å². The van der Waals surface area contributed by atoms with E-state index in [1.54, 1.807) is 26.0 Å². The van der Waals surface area contributed by atoms with E-state index in [1.165, 1.54) is 12.1 Å². The first-order valence-electron chi connectivity index (χ1n) is 5.73. The fraction of sp³-hybridized carbons (Fsp3) is 0.357. The molecular formula is C14H17FO3. The molecule has 0 aliphatic carbocycles. The van der Waals surface area contributed by atoms with Gasteiger partial charge in [0.1, 0.15) is 11.4 Å². The Bertz CT molecular complexity index is 421. The maximum absolute atomic E-state index is 12.7. The topological polar surface area (TPSA) is 46.5 Å². The first kappa shape index (κ1) is 14.2. The van der Waals surface area contributed by atoms with Crippen molar-refractivity contribution < 1.29 is 19.0 Å². The van der Waals surface area contributed by atoms with Crippen molar-refractivity contribution in [3.05, 3.63) is 41.7 Å². The van der Waals surface area contributed by atoms with Crippen molar-refractivity contribution in [2.45, 2.75) is 32.3 Å². The molecule has 0 heterocycles. The van der Waals surface area contributed by atoms with Gasteiger partial charge in [0.05, 0.1) is 0 Å². The molecular weight excluding hydrogens is 235 g/mol. The number of rotatable bonds is 5. The Balaban J connectivity index is 2.41. The zero-order chi connectivity index (χ0) is 13.6. The van der Waals surface area contributed by atoms with Crippen LogP contribution in [0.4, 0.5) is 9.18 Å². The van der Waals surface area contributed by atoms with Gasteiger partial charge < -0.3 is 9.84 Å². The fourth-order valence-corrected chi connectivity index (χ4v) is 1.51. The highest BCUT2D eigenvalue weighted by Crippen LogP contribution is 2.17. The van der Waals surface area contributed by atoms with Gasteiger partial charge >= 0.3 is 6.16 Å². The van der Waals surface area contributed by atoms with E-state index in [1.807, 2.05) is 12.2 Å². The second-order valence-corrected chi connectivity index (χ2v) is 4.62. The van der Waals surface area contributed by atoms with Crippen molar-refractivity contribution >= 4 is 12.2 Å². The molecule has 0 aromatic heterocycles. The minimum Gasteiger partial charge on any atom is -0.450 e. The maximum atomic E-state index is 12.7. The van der Waals surface area contributed by atoms with Gasteiger partial charge in [0, 0.05) is 0 Å². The quantitative estimate of drug-likeness (QED) is 0.803. The molecule has 1 aromatic carbocycles. The first-order chi connectivity index (χ1) is 8.39. The molecule has 0 aliphatic rings. The molecule has 1 N–H and O–H groups in total. The molecule has 0 fully saturated rings. The van der Waals surface area contributed by atoms with Crippen LogP contribution in [0.15, 0.2) is 30.3 Å². The number of benzene rings is 1. The fourth-order valence-electron chi connectivity index (χ4n) is 1.51. The summed E-state index contributed by atoms with van der Waals surface area (Å²) in [7, 11) is 0. The largest absolute Gasteiger partial charge is 0.506 e. The van der Waals surface area contributed by atoms with Crippen LogP contribution in [0, 0.1) is 5.82 Å². The van der Waals surface area contributed by atoms with E-state index in [2.05, 4.69) is 0 Å². The summed E-state index contributed by atoms with van der Waals surface area (Å²) in [6.07, 6.45) is 3.81. The van der Waals surface area contributed by atoms with Crippen LogP contribution < -0.4 is 0 Å². The number of ether oxygens (including phenoxy) is 1. The van der Waals surface area contributed by atoms with E-state index in [4.69, 9.17) is 9.84 Å². The van der Waals surface area contributed by atoms with E-state index in [0.717, 1.165) is 5.56 Å². The molecule has 0 saturated heterocycles. The molecule has 18 heavy (non-hydrogen) atoms. The average Bonchev–Trinajstić information content (AvgIpc) is 2.25. The lowest BCUT2D eigenvalue weighted by atomic mass is 10.0. The first-order valence-corrected chi connectivity index (χ1v) is 5.73. The van der Waals surface area contributed by atoms with Gasteiger partial charge in [0.25, 0.3) is 0 Å². The van der Waals surface area contributed by atoms with E-state index in [-0.39, 0.29) is 5.82 Å². The predicted molar refractivity (Wildman–Crippen MR) is 67.9 cm³/mol. The standard InChI is InChI=1S/C14H17FO3/c1-14(2,18-13(16)17)10-4-3-5-11-6-8-12(15)9-7-11/h3,5-9H,4,10H2,1-2H3,(H,16,17)/b5-3+. The van der Waals surface area contributed by atoms with Crippen LogP contribution in [-0.2, 0) is 4.74 Å². The molecule has 0 amide bonds. The predicted octanol–water partition coefficient (Wildman–Crippen LogP) is 4.09. The molecule has 98 valence electrons. The highest BCUT2D eigenvalue weighted by molar-refractivity contribution is 5.57. The lowest BCUT2D eigenvalue weighted by molar-refractivity contribution is -0.000316. The minimum absolute atomic E-state index is 0.261. The molecule has 3 nitrogen and oxygen atoms in total. The van der Waals surface area contributed by atoms with Gasteiger partial charge in [-0.1, -0.05) is 24.3 Å². The number of carboxylic acid groups (broad SMARTS) is 1. The summed E-state index contributed by atoms with van der Waals surface area (Å²) in [6.45, 7) is 3.46. The number of hydrogen-bond acceptors (Lipinski definition) is 2. The van der Waals surface area contributed by atoms with Crippen LogP contribution >= 0.6 is 0 Å². The highest BCUT2D eigenvalue weighted by Gasteiger charge is 2.21. The van der Waals surface area contributed by atoms with Crippen LogP contribution in [0.25, 0.3) is 6.08 Å². The summed E-state index contributed by atoms with van der Waals surface area (Å²) >= 11 is 0. The minimum atomic E-state index is -1.26. The Kier molecular flexibility index (Phi) is 4.89. The third-order valence-electron chi connectivity index (χ3n) is 2.46. The normalized spacial score (nSPS) is 11.7. The van der Waals surface area contributed by atoms with Gasteiger partial charge in [-0.25, -0.2) is 9.18 Å². The summed E-state index contributed by atoms with van der Waals surface area (Å²) < 4.78 is 17.4. The highest BCUT2D eigenvalue weighted by atomic mass is 19.1. The number of allylic oxidation sites excluding steroid dienone is 1. The van der Waals surface area contributed by atoms with Crippen molar-refractivity contribution in [2.24, 2.45) is 0 Å². The van der Waals surface area contributed by atoms with E-state index in [9.17, 15) is 9.18 Å². The maximum Gasteiger partial charge on any atom is 0.506 e. The Hall–Kier alpha value is -1.84. The second-order valence-electron chi connectivity index (χ2n) is 4.62. The lowest BCUT2D eigenvalue weighted by Gasteiger charge is -2.22. The molecule has 0 saturated carbocycles. The molecule has 1 aromatic rings. The molecule has 0 unspecified atom stereocenters. The number of hydrogen-bond donors (Lipinski definition) is 1. The molecule has 0 spiro atoms. The van der Waals surface area contributed by atoms with Gasteiger partial charge in [-0.2, -0.15) is 0 Å². The van der Waals surface area contributed by atoms with Crippen molar-refractivity contribution in [1.29, 1.82) is 0 Å². The van der Waals surface area contributed by atoms with Gasteiger partial charge in [-0.05, 0) is 44.4 Å². The number of carbonyl (C=O) groups is 1. The summed E-state index contributed by atoms with van der Waals surface area (Å²) in [4.78, 5) is 10.4. The average molecular weight is 252 g/mol. The zero-order valence-electron chi connectivity index (χ0n) is 10.5. The summed E-state index contributed by atoms with van der Waals surface area (Å²) in [6, 6.07) is 6.17. The smallest absolute Gasteiger partial charge is 0.450 e. The SMILES string of the molecule is CC(C)(CC/C=C/c1ccc(F)cc1)OC(=O)O. The Morgan fingerprint density at radius 2 is 2.00 bits per heavy atom. The lowest BCUT2D eigenvalue weighted by Crippen LogP contribution is -2.26. The van der Waals surface area contributed by atoms with Crippen LogP contribution in [0.5, 0.6) is 0 Å². The molecule has 0 radical (unpaired) electrons. The summed E-state index contributed by atoms with van der Waals surface area (Å²) in [5.74, 6) is -0.261. The molecule has 0 atom stereocenters. The zero-order valence-corrected chi connectivity index (χ0v) is 10.5. The Labute approximate surface area is 106 Å². The van der Waals surface area contributed by atoms with E-state index in [0.29, 0.717) is 12.8 Å².